The molecule has 2 aromatic carbocycles. The fraction of sp³-hybridized carbons (Fsp3) is 0.0909. The first-order valence-electron chi connectivity index (χ1n) is 8.87. The number of thiazole rings is 1. The molecular weight excluding hydrogens is 390 g/mol. The Labute approximate surface area is 172 Å². The number of amides is 1. The number of nitrogens with zero attached hydrogens (tertiary/aromatic N) is 2. The molecule has 0 atom stereocenters. The first kappa shape index (κ1) is 18.5. The third-order valence-electron chi connectivity index (χ3n) is 4.37. The van der Waals surface area contributed by atoms with Crippen LogP contribution in [-0.4, -0.2) is 15.5 Å². The monoisotopic (exact) mass is 407 g/mol. The Kier molecular flexibility index (Phi) is 5.55. The maximum Gasteiger partial charge on any atom is 0.240 e. The molecule has 2 heterocycles. The number of carbonyl (C=O) groups excluding carboxylic acids is 1. The number of benzene rings is 2. The highest BCUT2D eigenvalue weighted by atomic mass is 35.5. The summed E-state index contributed by atoms with van der Waals surface area (Å²) in [5, 5.41) is 6.51. The van der Waals surface area contributed by atoms with Gasteiger partial charge < -0.3 is 9.88 Å². The van der Waals surface area contributed by atoms with Crippen molar-refractivity contribution in [3.63, 3.8) is 0 Å². The minimum atomic E-state index is -0.0720. The molecular formula is C22H18ClN3OS. The Hall–Kier alpha value is -2.89. The summed E-state index contributed by atoms with van der Waals surface area (Å²) in [7, 11) is 0. The van der Waals surface area contributed by atoms with Crippen LogP contribution in [0.25, 0.3) is 22.0 Å². The summed E-state index contributed by atoms with van der Waals surface area (Å²) in [4.78, 5) is 17.2. The third-order valence-corrected chi connectivity index (χ3v) is 5.60. The van der Waals surface area contributed by atoms with Crippen LogP contribution in [0.3, 0.4) is 0 Å². The van der Waals surface area contributed by atoms with E-state index in [4.69, 9.17) is 16.6 Å². The number of rotatable bonds is 6. The highest BCUT2D eigenvalue weighted by molar-refractivity contribution is 7.13. The number of halogens is 1. The van der Waals surface area contributed by atoms with E-state index in [0.717, 1.165) is 27.5 Å². The topological polar surface area (TPSA) is 46.9 Å². The highest BCUT2D eigenvalue weighted by Crippen LogP contribution is 2.29. The lowest BCUT2D eigenvalue weighted by atomic mass is 10.2. The van der Waals surface area contributed by atoms with E-state index in [1.54, 1.807) is 11.3 Å². The van der Waals surface area contributed by atoms with Gasteiger partial charge in [0.2, 0.25) is 5.91 Å². The summed E-state index contributed by atoms with van der Waals surface area (Å²) in [5.74, 6) is -0.0720. The van der Waals surface area contributed by atoms with E-state index < -0.39 is 0 Å². The maximum absolute atomic E-state index is 12.4. The van der Waals surface area contributed by atoms with Crippen LogP contribution >= 0.6 is 22.9 Å². The van der Waals surface area contributed by atoms with Crippen LogP contribution in [0.5, 0.6) is 0 Å². The molecule has 2 aromatic heterocycles. The molecule has 1 N–H and O–H groups in total. The largest absolute Gasteiger partial charge is 0.350 e. The number of nitrogens with one attached hydrogen (secondary N) is 1. The summed E-state index contributed by atoms with van der Waals surface area (Å²) in [6.07, 6.45) is 1.90. The molecule has 0 bridgehead atoms. The van der Waals surface area contributed by atoms with Gasteiger partial charge in [0.05, 0.1) is 11.4 Å². The van der Waals surface area contributed by atoms with Gasteiger partial charge in [-0.05, 0) is 23.8 Å². The second kappa shape index (κ2) is 8.42. The minimum Gasteiger partial charge on any atom is -0.350 e. The van der Waals surface area contributed by atoms with Crippen LogP contribution in [0.2, 0.25) is 5.02 Å². The molecule has 1 amide bonds. The van der Waals surface area contributed by atoms with Crippen molar-refractivity contribution < 1.29 is 4.79 Å². The number of aromatic nitrogens is 2. The van der Waals surface area contributed by atoms with Gasteiger partial charge >= 0.3 is 0 Å². The van der Waals surface area contributed by atoms with E-state index in [1.165, 1.54) is 0 Å². The molecule has 0 saturated heterocycles. The number of hydrogen-bond acceptors (Lipinski definition) is 3. The van der Waals surface area contributed by atoms with Gasteiger partial charge in [-0.15, -0.1) is 11.3 Å². The SMILES string of the molecule is O=C(Cn1cccc1-c1nc(-c2ccccc2)cs1)NCc1ccccc1Cl. The zero-order chi connectivity index (χ0) is 19.3. The van der Waals surface area contributed by atoms with Gasteiger partial charge in [0, 0.05) is 28.7 Å². The van der Waals surface area contributed by atoms with Crippen LogP contribution < -0.4 is 5.32 Å². The molecule has 140 valence electrons. The molecule has 4 nitrogen and oxygen atoms in total. The Balaban J connectivity index is 1.45. The van der Waals surface area contributed by atoms with Crippen molar-refractivity contribution in [1.82, 2.24) is 14.9 Å². The molecule has 0 fully saturated rings. The lowest BCUT2D eigenvalue weighted by molar-refractivity contribution is -0.121. The molecule has 4 aromatic rings. The lowest BCUT2D eigenvalue weighted by Gasteiger charge is -2.09. The zero-order valence-corrected chi connectivity index (χ0v) is 16.6. The number of carbonyl (C=O) groups is 1. The predicted octanol–water partition coefficient (Wildman–Crippen LogP) is 5.25. The molecule has 0 radical (unpaired) electrons. The van der Waals surface area contributed by atoms with Gasteiger partial charge in [-0.1, -0.05) is 60.1 Å². The Bertz CT molecular complexity index is 1090. The average molecular weight is 408 g/mol. The Morgan fingerprint density at radius 3 is 2.64 bits per heavy atom. The average Bonchev–Trinajstić information content (AvgIpc) is 3.37. The maximum atomic E-state index is 12.4. The van der Waals surface area contributed by atoms with Crippen molar-refractivity contribution in [1.29, 1.82) is 0 Å². The van der Waals surface area contributed by atoms with E-state index in [-0.39, 0.29) is 12.5 Å². The second-order valence-corrected chi connectivity index (χ2v) is 7.56. The summed E-state index contributed by atoms with van der Waals surface area (Å²) in [6, 6.07) is 21.5. The van der Waals surface area contributed by atoms with Crippen molar-refractivity contribution in [2.45, 2.75) is 13.1 Å². The highest BCUT2D eigenvalue weighted by Gasteiger charge is 2.12. The van der Waals surface area contributed by atoms with Crippen LogP contribution in [0.4, 0.5) is 0 Å². The third kappa shape index (κ3) is 4.16. The smallest absolute Gasteiger partial charge is 0.240 e. The number of hydrogen-bond donors (Lipinski definition) is 1. The van der Waals surface area contributed by atoms with Crippen LogP contribution in [-0.2, 0) is 17.9 Å². The quantitative estimate of drug-likeness (QED) is 0.474. The molecule has 6 heteroatoms. The standard InChI is InChI=1S/C22H18ClN3OS/c23-18-10-5-4-9-17(18)13-24-21(27)14-26-12-6-11-20(26)22-25-19(15-28-22)16-7-2-1-3-8-16/h1-12,15H,13-14H2,(H,24,27). The molecule has 28 heavy (non-hydrogen) atoms. The van der Waals surface area contributed by atoms with Gasteiger partial charge in [-0.3, -0.25) is 4.79 Å². The molecule has 0 unspecified atom stereocenters. The Morgan fingerprint density at radius 2 is 1.82 bits per heavy atom. The van der Waals surface area contributed by atoms with E-state index in [9.17, 15) is 4.79 Å². The van der Waals surface area contributed by atoms with E-state index >= 15 is 0 Å². The van der Waals surface area contributed by atoms with Gasteiger partial charge in [0.1, 0.15) is 11.6 Å². The summed E-state index contributed by atoms with van der Waals surface area (Å²) >= 11 is 7.72. The zero-order valence-electron chi connectivity index (χ0n) is 15.0. The van der Waals surface area contributed by atoms with Crippen molar-refractivity contribution >= 4 is 28.8 Å². The molecule has 4 rings (SSSR count). The van der Waals surface area contributed by atoms with E-state index in [1.807, 2.05) is 82.9 Å². The Morgan fingerprint density at radius 1 is 1.04 bits per heavy atom. The second-order valence-electron chi connectivity index (χ2n) is 6.29. The van der Waals surface area contributed by atoms with Crippen molar-refractivity contribution in [2.75, 3.05) is 0 Å². The summed E-state index contributed by atoms with van der Waals surface area (Å²) in [6.45, 7) is 0.636. The van der Waals surface area contributed by atoms with E-state index in [2.05, 4.69) is 5.32 Å². The molecule has 0 aliphatic rings. The molecule has 0 saturated carbocycles. The van der Waals surface area contributed by atoms with Crippen LogP contribution in [0.1, 0.15) is 5.56 Å². The van der Waals surface area contributed by atoms with Crippen LogP contribution in [0.15, 0.2) is 78.3 Å². The molecule has 0 spiro atoms. The first-order chi connectivity index (χ1) is 13.7. The van der Waals surface area contributed by atoms with Gasteiger partial charge in [-0.25, -0.2) is 4.98 Å². The lowest BCUT2D eigenvalue weighted by Crippen LogP contribution is -2.27. The fourth-order valence-corrected chi connectivity index (χ4v) is 4.00. The predicted molar refractivity (Wildman–Crippen MR) is 114 cm³/mol. The van der Waals surface area contributed by atoms with Crippen molar-refractivity contribution in [2.24, 2.45) is 0 Å². The van der Waals surface area contributed by atoms with Crippen molar-refractivity contribution in [3.05, 3.63) is 88.9 Å². The van der Waals surface area contributed by atoms with Gasteiger partial charge in [0.25, 0.3) is 0 Å². The normalized spacial score (nSPS) is 10.8. The van der Waals surface area contributed by atoms with Crippen LogP contribution in [0, 0.1) is 0 Å². The molecule has 0 aliphatic heterocycles. The summed E-state index contributed by atoms with van der Waals surface area (Å²) < 4.78 is 1.91. The first-order valence-corrected chi connectivity index (χ1v) is 10.1. The van der Waals surface area contributed by atoms with E-state index in [0.29, 0.717) is 11.6 Å². The summed E-state index contributed by atoms with van der Waals surface area (Å²) in [5.41, 5.74) is 3.86. The van der Waals surface area contributed by atoms with Gasteiger partial charge in [0.15, 0.2) is 0 Å². The molecule has 0 aliphatic carbocycles. The van der Waals surface area contributed by atoms with Crippen molar-refractivity contribution in [3.8, 4) is 22.0 Å². The fourth-order valence-electron chi connectivity index (χ4n) is 2.93. The minimum absolute atomic E-state index is 0.0720. The van der Waals surface area contributed by atoms with Gasteiger partial charge in [-0.2, -0.15) is 0 Å².